The molecule has 2 aliphatic rings. The molecule has 0 aromatic heterocycles. The van der Waals surface area contributed by atoms with E-state index in [4.69, 9.17) is 14.9 Å². The van der Waals surface area contributed by atoms with Crippen molar-refractivity contribution in [2.45, 2.75) is 24.7 Å². The van der Waals surface area contributed by atoms with Gasteiger partial charge in [-0.15, -0.1) is 0 Å². The maximum Gasteiger partial charge on any atom is 0.218 e. The summed E-state index contributed by atoms with van der Waals surface area (Å²) in [6.07, 6.45) is -1.05. The van der Waals surface area contributed by atoms with Gasteiger partial charge in [-0.05, 0) is 11.1 Å². The molecule has 2 aliphatic heterocycles. The minimum absolute atomic E-state index is 0.409. The Kier molecular flexibility index (Phi) is 3.75. The molecule has 0 spiro atoms. The molecule has 4 atom stereocenters. The first kappa shape index (κ1) is 17.7. The van der Waals surface area contributed by atoms with Crippen LogP contribution in [-0.2, 0) is 9.47 Å². The van der Waals surface area contributed by atoms with Crippen molar-refractivity contribution in [3.05, 3.63) is 71.8 Å². The van der Waals surface area contributed by atoms with Crippen LogP contribution >= 0.6 is 0 Å². The lowest BCUT2D eigenvalue weighted by atomic mass is 9.52. The summed E-state index contributed by atoms with van der Waals surface area (Å²) in [5.41, 5.74) is -2.52. The highest BCUT2D eigenvalue weighted by molar-refractivity contribution is 5.90. The quantitative estimate of drug-likeness (QED) is 0.866. The number of fused-ring (bicyclic) bond motifs is 2. The number of nitrogens with zero attached hydrogens (tertiary/aromatic N) is 3. The zero-order chi connectivity index (χ0) is 20.0. The van der Waals surface area contributed by atoms with E-state index < -0.39 is 34.5 Å². The van der Waals surface area contributed by atoms with E-state index in [1.165, 1.54) is 0 Å². The van der Waals surface area contributed by atoms with Gasteiger partial charge in [0.1, 0.15) is 6.10 Å². The second-order valence-electron chi connectivity index (χ2n) is 7.15. The Labute approximate surface area is 162 Å². The Morgan fingerprint density at radius 3 is 1.89 bits per heavy atom. The summed E-state index contributed by atoms with van der Waals surface area (Å²) in [6.45, 7) is 1.66. The van der Waals surface area contributed by atoms with Crippen LogP contribution in [0.2, 0.25) is 0 Å². The van der Waals surface area contributed by atoms with E-state index in [1.807, 2.05) is 12.1 Å². The molecule has 2 bridgehead atoms. The Hall–Kier alpha value is -3.66. The van der Waals surface area contributed by atoms with Crippen molar-refractivity contribution in [2.75, 3.05) is 0 Å². The number of benzene rings is 2. The van der Waals surface area contributed by atoms with Gasteiger partial charge in [0.2, 0.25) is 17.1 Å². The molecular weight excluding hydrogens is 352 g/mol. The van der Waals surface area contributed by atoms with Gasteiger partial charge in [-0.3, -0.25) is 5.41 Å². The molecule has 0 aliphatic carbocycles. The van der Waals surface area contributed by atoms with E-state index in [0.717, 1.165) is 0 Å². The molecule has 0 radical (unpaired) electrons. The summed E-state index contributed by atoms with van der Waals surface area (Å²) in [6, 6.07) is 24.1. The summed E-state index contributed by atoms with van der Waals surface area (Å²) in [5, 5.41) is 39.2. The highest BCUT2D eigenvalue weighted by Crippen LogP contribution is 2.69. The maximum absolute atomic E-state index is 10.3. The maximum atomic E-state index is 10.3. The van der Waals surface area contributed by atoms with E-state index in [2.05, 4.69) is 18.2 Å². The zero-order valence-corrected chi connectivity index (χ0v) is 15.1. The smallest absolute Gasteiger partial charge is 0.218 e. The van der Waals surface area contributed by atoms with Crippen LogP contribution in [0.5, 0.6) is 0 Å². The number of hydrogen-bond acceptors (Lipinski definition) is 6. The SMILES string of the molecule is CC12OC(=N)C(C#N)(C1c1ccccc1)C(C#N)(C#N)C(c1ccccc1)O2. The van der Waals surface area contributed by atoms with Crippen molar-refractivity contribution in [3.8, 4) is 18.2 Å². The lowest BCUT2D eigenvalue weighted by molar-refractivity contribution is -0.253. The minimum atomic E-state index is -1.96. The van der Waals surface area contributed by atoms with Gasteiger partial charge >= 0.3 is 0 Å². The fourth-order valence-corrected chi connectivity index (χ4v) is 4.56. The van der Waals surface area contributed by atoms with Crippen LogP contribution in [0.25, 0.3) is 0 Å². The first-order valence-electron chi connectivity index (χ1n) is 8.78. The van der Waals surface area contributed by atoms with Crippen LogP contribution in [0.15, 0.2) is 60.7 Å². The molecule has 4 unspecified atom stereocenters. The molecule has 1 N–H and O–H groups in total. The largest absolute Gasteiger partial charge is 0.447 e. The molecule has 28 heavy (non-hydrogen) atoms. The molecule has 0 amide bonds. The van der Waals surface area contributed by atoms with Gasteiger partial charge < -0.3 is 9.47 Å². The van der Waals surface area contributed by atoms with Crippen LogP contribution in [-0.4, -0.2) is 11.7 Å². The number of nitriles is 3. The number of hydrogen-bond donors (Lipinski definition) is 1. The van der Waals surface area contributed by atoms with Gasteiger partial charge in [-0.25, -0.2) is 0 Å². The van der Waals surface area contributed by atoms with E-state index in [0.29, 0.717) is 11.1 Å². The average molecular weight is 368 g/mol. The van der Waals surface area contributed by atoms with Crippen LogP contribution in [0.4, 0.5) is 0 Å². The van der Waals surface area contributed by atoms with E-state index >= 15 is 0 Å². The van der Waals surface area contributed by atoms with Gasteiger partial charge in [0, 0.05) is 6.92 Å². The molecule has 6 nitrogen and oxygen atoms in total. The van der Waals surface area contributed by atoms with Crippen LogP contribution in [0.3, 0.4) is 0 Å². The van der Waals surface area contributed by atoms with Crippen molar-refractivity contribution in [1.82, 2.24) is 0 Å². The highest BCUT2D eigenvalue weighted by Gasteiger charge is 2.79. The Bertz CT molecular complexity index is 1050. The zero-order valence-electron chi connectivity index (χ0n) is 15.1. The van der Waals surface area contributed by atoms with Crippen LogP contribution in [0.1, 0.15) is 30.1 Å². The van der Waals surface area contributed by atoms with Gasteiger partial charge in [0.15, 0.2) is 5.41 Å². The third-order valence-electron chi connectivity index (χ3n) is 5.75. The standard InChI is InChI=1S/C22H16N4O2/c1-20-17(15-8-4-2-5-9-15)22(14-25,19(26)28-20)21(12-23,13-24)18(27-20)16-10-6-3-7-11-16/h2-11,17-18,26H,1H3. The number of rotatable bonds is 2. The molecule has 2 saturated heterocycles. The fraction of sp³-hybridized carbons (Fsp3) is 0.273. The second kappa shape index (κ2) is 5.92. The minimum Gasteiger partial charge on any atom is -0.447 e. The lowest BCUT2D eigenvalue weighted by Crippen LogP contribution is -2.57. The fourth-order valence-electron chi connectivity index (χ4n) is 4.56. The molecule has 2 aromatic carbocycles. The first-order chi connectivity index (χ1) is 13.5. The van der Waals surface area contributed by atoms with Gasteiger partial charge in [0.05, 0.1) is 24.1 Å². The van der Waals surface area contributed by atoms with E-state index in [1.54, 1.807) is 55.5 Å². The molecule has 2 heterocycles. The number of nitrogens with one attached hydrogen (secondary N) is 1. The van der Waals surface area contributed by atoms with Gasteiger partial charge in [-0.1, -0.05) is 60.7 Å². The van der Waals surface area contributed by atoms with Crippen molar-refractivity contribution in [2.24, 2.45) is 10.8 Å². The van der Waals surface area contributed by atoms with E-state index in [9.17, 15) is 15.8 Å². The molecule has 2 fully saturated rings. The summed E-state index contributed by atoms with van der Waals surface area (Å²) >= 11 is 0. The Balaban J connectivity index is 2.05. The normalized spacial score (nSPS) is 32.4. The van der Waals surface area contributed by atoms with Crippen molar-refractivity contribution in [1.29, 1.82) is 21.2 Å². The average Bonchev–Trinajstić information content (AvgIpc) is 2.92. The van der Waals surface area contributed by atoms with Crippen LogP contribution in [0, 0.1) is 50.2 Å². The van der Waals surface area contributed by atoms with Crippen LogP contribution < -0.4 is 0 Å². The number of ether oxygens (including phenoxy) is 2. The third kappa shape index (κ3) is 1.94. The molecule has 0 saturated carbocycles. The topological polar surface area (TPSA) is 114 Å². The summed E-state index contributed by atoms with van der Waals surface area (Å²) in [7, 11) is 0. The molecule has 6 heteroatoms. The monoisotopic (exact) mass is 368 g/mol. The molecular formula is C22H16N4O2. The predicted octanol–water partition coefficient (Wildman–Crippen LogP) is 3.81. The molecule has 4 rings (SSSR count). The second-order valence-corrected chi connectivity index (χ2v) is 7.15. The summed E-state index contributed by atoms with van der Waals surface area (Å²) in [5.74, 6) is -2.59. The van der Waals surface area contributed by atoms with Crippen molar-refractivity contribution < 1.29 is 9.47 Å². The van der Waals surface area contributed by atoms with Crippen molar-refractivity contribution in [3.63, 3.8) is 0 Å². The third-order valence-corrected chi connectivity index (χ3v) is 5.75. The highest BCUT2D eigenvalue weighted by atomic mass is 16.7. The van der Waals surface area contributed by atoms with Crippen molar-refractivity contribution >= 4 is 5.90 Å². The Morgan fingerprint density at radius 2 is 1.39 bits per heavy atom. The first-order valence-corrected chi connectivity index (χ1v) is 8.78. The molecule has 2 aromatic rings. The lowest BCUT2D eigenvalue weighted by Gasteiger charge is -2.48. The summed E-state index contributed by atoms with van der Waals surface area (Å²) < 4.78 is 12.0. The Morgan fingerprint density at radius 1 is 0.857 bits per heavy atom. The van der Waals surface area contributed by atoms with E-state index in [-0.39, 0.29) is 0 Å². The summed E-state index contributed by atoms with van der Waals surface area (Å²) in [4.78, 5) is 0. The van der Waals surface area contributed by atoms with Gasteiger partial charge in [-0.2, -0.15) is 15.8 Å². The predicted molar refractivity (Wildman–Crippen MR) is 98.4 cm³/mol. The molecule has 136 valence electrons. The van der Waals surface area contributed by atoms with Gasteiger partial charge in [0.25, 0.3) is 0 Å².